The molecule has 2 aromatic rings. The maximum atomic E-state index is 13.3. The van der Waals surface area contributed by atoms with E-state index in [1.54, 1.807) is 43.4 Å². The zero-order chi connectivity index (χ0) is 40.6. The lowest BCUT2D eigenvalue weighted by molar-refractivity contribution is -0.148. The van der Waals surface area contributed by atoms with E-state index in [4.69, 9.17) is 4.74 Å². The van der Waals surface area contributed by atoms with E-state index < -0.39 is 48.1 Å². The van der Waals surface area contributed by atoms with E-state index in [1.165, 1.54) is 14.0 Å². The van der Waals surface area contributed by atoms with Crippen LogP contribution in [0.2, 0.25) is 0 Å². The van der Waals surface area contributed by atoms with Gasteiger partial charge in [0.1, 0.15) is 12.6 Å². The van der Waals surface area contributed by atoms with Crippen molar-refractivity contribution < 1.29 is 48.2 Å². The van der Waals surface area contributed by atoms with E-state index >= 15 is 0 Å². The van der Waals surface area contributed by atoms with Gasteiger partial charge in [0.05, 0.1) is 18.9 Å². The van der Waals surface area contributed by atoms with Crippen LogP contribution in [0.15, 0.2) is 54.6 Å². The number of carboxylic acid groups (broad SMARTS) is 1. The van der Waals surface area contributed by atoms with E-state index in [0.717, 1.165) is 16.7 Å². The molecule has 2 aromatic carbocycles. The molecule has 5 amide bonds. The fourth-order valence-electron chi connectivity index (χ4n) is 5.74. The van der Waals surface area contributed by atoms with Crippen LogP contribution in [-0.2, 0) is 62.5 Å². The number of aliphatic carboxylic acids is 1. The van der Waals surface area contributed by atoms with Crippen LogP contribution in [0.4, 0.5) is 0 Å². The lowest BCUT2D eigenvalue weighted by Crippen LogP contribution is -2.44. The third-order valence-corrected chi connectivity index (χ3v) is 8.86. The van der Waals surface area contributed by atoms with Crippen LogP contribution in [0.25, 0.3) is 0 Å². The number of likely N-dealkylation sites (N-methyl/N-ethyl adjacent to an activating group) is 1. The zero-order valence-corrected chi connectivity index (χ0v) is 31.9. The molecule has 15 nitrogen and oxygen atoms in total. The molecule has 0 aromatic heterocycles. The van der Waals surface area contributed by atoms with Gasteiger partial charge < -0.3 is 36.4 Å². The smallest absolute Gasteiger partial charge is 0.307 e. The molecule has 0 heterocycles. The Morgan fingerprint density at radius 1 is 0.691 bits per heavy atom. The van der Waals surface area contributed by atoms with Gasteiger partial charge in [-0.15, -0.1) is 0 Å². The summed E-state index contributed by atoms with van der Waals surface area (Å²) in [6, 6.07) is 15.6. The number of nitrogens with one attached hydrogen (secondary N) is 5. The number of esters is 1. The lowest BCUT2D eigenvalue weighted by Gasteiger charge is -2.17. The number of ether oxygens (including phenoxy) is 1. The zero-order valence-electron chi connectivity index (χ0n) is 31.9. The molecule has 0 aliphatic rings. The molecule has 0 fully saturated rings. The first-order chi connectivity index (χ1) is 26.3. The summed E-state index contributed by atoms with van der Waals surface area (Å²) < 4.78 is 5.35. The predicted octanol–water partition coefficient (Wildman–Crippen LogP) is 2.14. The third kappa shape index (κ3) is 19.3. The van der Waals surface area contributed by atoms with Crippen molar-refractivity contribution in [1.82, 2.24) is 26.6 Å². The molecule has 2 rings (SSSR count). The third-order valence-electron chi connectivity index (χ3n) is 8.86. The first-order valence-corrected chi connectivity index (χ1v) is 18.6. The highest BCUT2D eigenvalue weighted by Gasteiger charge is 2.26. The number of carbonyl (C=O) groups is 8. The van der Waals surface area contributed by atoms with Crippen LogP contribution in [0.5, 0.6) is 0 Å². The van der Waals surface area contributed by atoms with Gasteiger partial charge in [-0.3, -0.25) is 38.4 Å². The maximum absolute atomic E-state index is 13.3. The highest BCUT2D eigenvalue weighted by molar-refractivity contribution is 5.91. The second-order valence-corrected chi connectivity index (χ2v) is 13.3. The molecule has 6 N–H and O–H groups in total. The summed E-state index contributed by atoms with van der Waals surface area (Å²) in [6.07, 6.45) is 2.52. The van der Waals surface area contributed by atoms with Crippen molar-refractivity contribution >= 4 is 47.3 Å². The van der Waals surface area contributed by atoms with Gasteiger partial charge >= 0.3 is 11.9 Å². The van der Waals surface area contributed by atoms with E-state index in [2.05, 4.69) is 26.6 Å². The summed E-state index contributed by atoms with van der Waals surface area (Å²) in [5, 5.41) is 22.8. The Labute approximate surface area is 322 Å². The molecular formula is C40H55N5O10. The van der Waals surface area contributed by atoms with Gasteiger partial charge in [-0.1, -0.05) is 54.6 Å². The topological polar surface area (TPSA) is 226 Å². The maximum Gasteiger partial charge on any atom is 0.307 e. The van der Waals surface area contributed by atoms with E-state index in [0.29, 0.717) is 38.5 Å². The molecule has 55 heavy (non-hydrogen) atoms. The fourth-order valence-corrected chi connectivity index (χ4v) is 5.74. The SMILES string of the molecule is CNC(=O)CCCc1ccc(C[C@H](CC(=O)CNC(=O)[C@H](CCC(=O)NCCCC[C@H](NC(C)=O)C(=O)NC)CC(=O)OCc2ccccc2)C(=O)O)cc1. The molecule has 0 spiro atoms. The molecule has 0 aliphatic carbocycles. The van der Waals surface area contributed by atoms with Crippen molar-refractivity contribution in [3.8, 4) is 0 Å². The minimum absolute atomic E-state index is 0.00726. The summed E-state index contributed by atoms with van der Waals surface area (Å²) in [7, 11) is 3.06. The number of aryl methyl sites for hydroxylation is 1. The first kappa shape index (κ1) is 45.6. The molecule has 0 unspecified atom stereocenters. The van der Waals surface area contributed by atoms with Crippen LogP contribution in [-0.4, -0.2) is 85.6 Å². The van der Waals surface area contributed by atoms with Gasteiger partial charge in [0.2, 0.25) is 29.5 Å². The van der Waals surface area contributed by atoms with Gasteiger partial charge in [0.25, 0.3) is 0 Å². The van der Waals surface area contributed by atoms with Gasteiger partial charge in [-0.05, 0) is 61.6 Å². The molecule has 3 atom stereocenters. The number of unbranched alkanes of at least 4 members (excludes halogenated alkanes) is 1. The average molecular weight is 766 g/mol. The molecule has 0 saturated carbocycles. The van der Waals surface area contributed by atoms with Crippen molar-refractivity contribution in [3.63, 3.8) is 0 Å². The highest BCUT2D eigenvalue weighted by Crippen LogP contribution is 2.17. The Bertz CT molecular complexity index is 1580. The number of hydrogen-bond acceptors (Lipinski definition) is 9. The van der Waals surface area contributed by atoms with Crippen molar-refractivity contribution in [1.29, 1.82) is 0 Å². The molecular weight excluding hydrogens is 710 g/mol. The molecule has 0 aliphatic heterocycles. The monoisotopic (exact) mass is 765 g/mol. The van der Waals surface area contributed by atoms with Crippen molar-refractivity contribution in [2.45, 2.75) is 90.2 Å². The normalized spacial score (nSPS) is 12.3. The number of benzene rings is 2. The standard InChI is InChI=1S/C40H55N5O10/c1-27(46)45-34(39(52)42-3)13-7-8-21-43-36(49)20-19-31(24-37(50)55-26-30-10-5-4-6-11-30)38(51)44-25-33(47)23-32(40(53)54)22-29-17-15-28(16-18-29)12-9-14-35(48)41-2/h4-6,10-11,15-18,31-32,34H,7-9,12-14,19-26H2,1-3H3,(H,41,48)(H,42,52)(H,43,49)(H,44,51)(H,45,46)(H,53,54)/t31-,32-,34+/m1/s1. The Morgan fingerprint density at radius 3 is 2.02 bits per heavy atom. The summed E-state index contributed by atoms with van der Waals surface area (Å²) in [5.74, 6) is -6.05. The van der Waals surface area contributed by atoms with E-state index in [1.807, 2.05) is 18.2 Å². The van der Waals surface area contributed by atoms with Crippen molar-refractivity contribution in [2.75, 3.05) is 27.2 Å². The van der Waals surface area contributed by atoms with Crippen molar-refractivity contribution in [3.05, 3.63) is 71.3 Å². The van der Waals surface area contributed by atoms with Gasteiger partial charge in [0.15, 0.2) is 5.78 Å². The van der Waals surface area contributed by atoms with E-state index in [-0.39, 0.29) is 68.9 Å². The summed E-state index contributed by atoms with van der Waals surface area (Å²) in [5.41, 5.74) is 2.48. The molecule has 0 bridgehead atoms. The second-order valence-electron chi connectivity index (χ2n) is 13.3. The summed E-state index contributed by atoms with van der Waals surface area (Å²) in [6.45, 7) is 1.15. The van der Waals surface area contributed by atoms with Crippen LogP contribution >= 0.6 is 0 Å². The largest absolute Gasteiger partial charge is 0.481 e. The quantitative estimate of drug-likeness (QED) is 0.0604. The number of carboxylic acids is 1. The molecule has 0 radical (unpaired) electrons. The number of Topliss-reactive ketones (excluding diaryl/α,β-unsaturated/α-hetero) is 1. The minimum atomic E-state index is -1.15. The Balaban J connectivity index is 1.92. The number of ketones is 1. The van der Waals surface area contributed by atoms with E-state index in [9.17, 15) is 43.5 Å². The number of rotatable bonds is 26. The molecule has 15 heteroatoms. The van der Waals surface area contributed by atoms with Crippen molar-refractivity contribution in [2.24, 2.45) is 11.8 Å². The molecule has 0 saturated heterocycles. The lowest BCUT2D eigenvalue weighted by atomic mass is 9.93. The summed E-state index contributed by atoms with van der Waals surface area (Å²) >= 11 is 0. The van der Waals surface area contributed by atoms with Crippen LogP contribution in [0, 0.1) is 11.8 Å². The number of hydrogen-bond donors (Lipinski definition) is 6. The Kier molecular flexibility index (Phi) is 21.1. The van der Waals surface area contributed by atoms with Gasteiger partial charge in [-0.25, -0.2) is 0 Å². The van der Waals surface area contributed by atoms with Gasteiger partial charge in [-0.2, -0.15) is 0 Å². The predicted molar refractivity (Wildman–Crippen MR) is 203 cm³/mol. The van der Waals surface area contributed by atoms with Crippen LogP contribution in [0.1, 0.15) is 81.4 Å². The second kappa shape index (κ2) is 25.4. The average Bonchev–Trinajstić information content (AvgIpc) is 3.17. The number of amides is 5. The van der Waals surface area contributed by atoms with Gasteiger partial charge in [0, 0.05) is 52.7 Å². The fraction of sp³-hybridized carbons (Fsp3) is 0.500. The van der Waals surface area contributed by atoms with Crippen LogP contribution in [0.3, 0.4) is 0 Å². The molecule has 300 valence electrons. The van der Waals surface area contributed by atoms with Crippen LogP contribution < -0.4 is 26.6 Å². The minimum Gasteiger partial charge on any atom is -0.481 e. The Hall–Kier alpha value is -5.60. The highest BCUT2D eigenvalue weighted by atomic mass is 16.5. The number of carbonyl (C=O) groups excluding carboxylic acids is 7. The Morgan fingerprint density at radius 2 is 1.38 bits per heavy atom. The summed E-state index contributed by atoms with van der Waals surface area (Å²) in [4.78, 5) is 98.4. The first-order valence-electron chi connectivity index (χ1n) is 18.6.